The van der Waals surface area contributed by atoms with Crippen molar-refractivity contribution >= 4 is 9.84 Å². The number of rotatable bonds is 4. The molecule has 0 bridgehead atoms. The summed E-state index contributed by atoms with van der Waals surface area (Å²) in [6.45, 7) is 2.68. The maximum atomic E-state index is 13.3. The summed E-state index contributed by atoms with van der Waals surface area (Å²) in [5.41, 5.74) is 1.46. The first-order valence-electron chi connectivity index (χ1n) is 6.16. The molecule has 1 saturated heterocycles. The van der Waals surface area contributed by atoms with Crippen LogP contribution in [0.15, 0.2) is 18.2 Å². The quantitative estimate of drug-likeness (QED) is 0.908. The summed E-state index contributed by atoms with van der Waals surface area (Å²) in [5, 5.41) is 2.83. The smallest absolute Gasteiger partial charge is 0.154 e. The largest absolute Gasteiger partial charge is 0.311 e. The molecule has 1 aromatic rings. The molecule has 0 aliphatic carbocycles. The van der Waals surface area contributed by atoms with Gasteiger partial charge in [0, 0.05) is 13.1 Å². The van der Waals surface area contributed by atoms with Gasteiger partial charge in [0.2, 0.25) is 0 Å². The van der Waals surface area contributed by atoms with Gasteiger partial charge in [-0.25, -0.2) is 12.8 Å². The summed E-state index contributed by atoms with van der Waals surface area (Å²) in [7, 11) is -2.89. The minimum atomic E-state index is -2.89. The Morgan fingerprint density at radius 2 is 2.22 bits per heavy atom. The van der Waals surface area contributed by atoms with Crippen LogP contribution in [0.25, 0.3) is 0 Å². The standard InChI is InChI=1S/C13H18FNO2S/c1-10-4-5-11(7-13(10)14)8-15-9-12-3-2-6-18(12,16)17/h4-5,7,12,15H,2-3,6,8-9H2,1H3. The van der Waals surface area contributed by atoms with E-state index in [1.807, 2.05) is 6.07 Å². The number of halogens is 1. The van der Waals surface area contributed by atoms with Gasteiger partial charge in [-0.05, 0) is 37.0 Å². The van der Waals surface area contributed by atoms with E-state index in [1.54, 1.807) is 13.0 Å². The fraction of sp³-hybridized carbons (Fsp3) is 0.538. The predicted molar refractivity (Wildman–Crippen MR) is 69.7 cm³/mol. The zero-order valence-electron chi connectivity index (χ0n) is 10.4. The number of nitrogens with one attached hydrogen (secondary N) is 1. The summed E-state index contributed by atoms with van der Waals surface area (Å²) < 4.78 is 36.5. The molecule has 1 atom stereocenters. The third-order valence-electron chi connectivity index (χ3n) is 3.40. The fourth-order valence-corrected chi connectivity index (χ4v) is 4.01. The van der Waals surface area contributed by atoms with Crippen molar-refractivity contribution in [3.63, 3.8) is 0 Å². The summed E-state index contributed by atoms with van der Waals surface area (Å²) in [6, 6.07) is 5.08. The molecule has 0 aromatic heterocycles. The van der Waals surface area contributed by atoms with E-state index in [-0.39, 0.29) is 11.1 Å². The lowest BCUT2D eigenvalue weighted by atomic mass is 10.1. The topological polar surface area (TPSA) is 46.2 Å². The first-order chi connectivity index (χ1) is 8.49. The van der Waals surface area contributed by atoms with E-state index >= 15 is 0 Å². The molecule has 5 heteroatoms. The Balaban J connectivity index is 1.87. The van der Waals surface area contributed by atoms with E-state index in [9.17, 15) is 12.8 Å². The van der Waals surface area contributed by atoms with Crippen LogP contribution in [0, 0.1) is 12.7 Å². The average Bonchev–Trinajstić information content (AvgIpc) is 2.63. The fourth-order valence-electron chi connectivity index (χ4n) is 2.21. The summed E-state index contributed by atoms with van der Waals surface area (Å²) in [4.78, 5) is 0. The first-order valence-corrected chi connectivity index (χ1v) is 7.88. The Kier molecular flexibility index (Phi) is 4.02. The highest BCUT2D eigenvalue weighted by Crippen LogP contribution is 2.19. The second-order valence-electron chi connectivity index (χ2n) is 4.85. The van der Waals surface area contributed by atoms with Gasteiger partial charge in [0.1, 0.15) is 5.82 Å². The molecule has 1 aliphatic rings. The van der Waals surface area contributed by atoms with Crippen LogP contribution in [0.5, 0.6) is 0 Å². The predicted octanol–water partition coefficient (Wildman–Crippen LogP) is 1.80. The highest BCUT2D eigenvalue weighted by atomic mass is 32.2. The second-order valence-corrected chi connectivity index (χ2v) is 7.25. The Hall–Kier alpha value is -0.940. The summed E-state index contributed by atoms with van der Waals surface area (Å²) in [6.07, 6.45) is 1.49. The third-order valence-corrected chi connectivity index (χ3v) is 5.68. The molecule has 1 fully saturated rings. The van der Waals surface area contributed by atoms with Gasteiger partial charge < -0.3 is 5.32 Å². The van der Waals surface area contributed by atoms with Crippen LogP contribution >= 0.6 is 0 Å². The zero-order chi connectivity index (χ0) is 13.2. The average molecular weight is 271 g/mol. The van der Waals surface area contributed by atoms with Gasteiger partial charge in [-0.3, -0.25) is 0 Å². The Bertz CT molecular complexity index is 528. The lowest BCUT2D eigenvalue weighted by Gasteiger charge is -2.11. The van der Waals surface area contributed by atoms with Crippen molar-refractivity contribution in [1.82, 2.24) is 5.32 Å². The second kappa shape index (κ2) is 5.36. The van der Waals surface area contributed by atoms with Gasteiger partial charge in [-0.15, -0.1) is 0 Å². The van der Waals surface area contributed by atoms with E-state index in [1.165, 1.54) is 6.07 Å². The van der Waals surface area contributed by atoms with Gasteiger partial charge in [-0.2, -0.15) is 0 Å². The van der Waals surface area contributed by atoms with Crippen molar-refractivity contribution in [3.8, 4) is 0 Å². The molecular weight excluding hydrogens is 253 g/mol. The highest BCUT2D eigenvalue weighted by molar-refractivity contribution is 7.92. The van der Waals surface area contributed by atoms with Gasteiger partial charge in [0.05, 0.1) is 11.0 Å². The van der Waals surface area contributed by atoms with E-state index in [4.69, 9.17) is 0 Å². The Labute approximate surface area is 107 Å². The molecule has 0 radical (unpaired) electrons. The number of aryl methyl sites for hydroxylation is 1. The van der Waals surface area contributed by atoms with Crippen molar-refractivity contribution in [2.45, 2.75) is 31.6 Å². The molecule has 2 rings (SSSR count). The minimum absolute atomic E-state index is 0.220. The number of hydrogen-bond acceptors (Lipinski definition) is 3. The van der Waals surface area contributed by atoms with Crippen molar-refractivity contribution in [3.05, 3.63) is 35.1 Å². The van der Waals surface area contributed by atoms with Crippen molar-refractivity contribution in [2.75, 3.05) is 12.3 Å². The van der Waals surface area contributed by atoms with Crippen LogP contribution in [-0.4, -0.2) is 26.0 Å². The van der Waals surface area contributed by atoms with Crippen molar-refractivity contribution < 1.29 is 12.8 Å². The molecule has 0 spiro atoms. The maximum Gasteiger partial charge on any atom is 0.154 e. The Morgan fingerprint density at radius 3 is 2.83 bits per heavy atom. The highest BCUT2D eigenvalue weighted by Gasteiger charge is 2.30. The summed E-state index contributed by atoms with van der Waals surface area (Å²) in [5.74, 6) is 0.0844. The summed E-state index contributed by atoms with van der Waals surface area (Å²) >= 11 is 0. The van der Waals surface area contributed by atoms with Crippen LogP contribution in [0.2, 0.25) is 0 Å². The lowest BCUT2D eigenvalue weighted by molar-refractivity contribution is 0.572. The monoisotopic (exact) mass is 271 g/mol. The van der Waals surface area contributed by atoms with Crippen molar-refractivity contribution in [2.24, 2.45) is 0 Å². The first kappa shape index (κ1) is 13.5. The maximum absolute atomic E-state index is 13.3. The van der Waals surface area contributed by atoms with Gasteiger partial charge in [0.15, 0.2) is 9.84 Å². The number of benzene rings is 1. The van der Waals surface area contributed by atoms with Crippen LogP contribution in [0.3, 0.4) is 0 Å². The van der Waals surface area contributed by atoms with Crippen LogP contribution in [-0.2, 0) is 16.4 Å². The lowest BCUT2D eigenvalue weighted by Crippen LogP contribution is -2.30. The SMILES string of the molecule is Cc1ccc(CNCC2CCCS2(=O)=O)cc1F. The third kappa shape index (κ3) is 3.09. The molecule has 1 N–H and O–H groups in total. The molecule has 1 aliphatic heterocycles. The van der Waals surface area contributed by atoms with Crippen LogP contribution < -0.4 is 5.32 Å². The molecule has 18 heavy (non-hydrogen) atoms. The van der Waals surface area contributed by atoms with Gasteiger partial charge in [0.25, 0.3) is 0 Å². The van der Waals surface area contributed by atoms with E-state index in [0.29, 0.717) is 24.4 Å². The van der Waals surface area contributed by atoms with Crippen LogP contribution in [0.4, 0.5) is 4.39 Å². The van der Waals surface area contributed by atoms with E-state index in [0.717, 1.165) is 18.4 Å². The molecule has 0 saturated carbocycles. The van der Waals surface area contributed by atoms with E-state index in [2.05, 4.69) is 5.32 Å². The molecule has 100 valence electrons. The number of sulfone groups is 1. The van der Waals surface area contributed by atoms with Crippen molar-refractivity contribution in [1.29, 1.82) is 0 Å². The Morgan fingerprint density at radius 1 is 1.44 bits per heavy atom. The molecule has 1 aromatic carbocycles. The molecule has 0 amide bonds. The van der Waals surface area contributed by atoms with E-state index < -0.39 is 9.84 Å². The van der Waals surface area contributed by atoms with Crippen LogP contribution in [0.1, 0.15) is 24.0 Å². The molecule has 1 unspecified atom stereocenters. The number of hydrogen-bond donors (Lipinski definition) is 1. The van der Waals surface area contributed by atoms with Gasteiger partial charge in [-0.1, -0.05) is 12.1 Å². The minimum Gasteiger partial charge on any atom is -0.311 e. The molecule has 1 heterocycles. The zero-order valence-corrected chi connectivity index (χ0v) is 11.3. The molecule has 3 nitrogen and oxygen atoms in total. The molecular formula is C13H18FNO2S. The van der Waals surface area contributed by atoms with Gasteiger partial charge >= 0.3 is 0 Å². The normalized spacial score (nSPS) is 22.2.